The van der Waals surface area contributed by atoms with E-state index in [0.717, 1.165) is 11.3 Å². The normalized spacial score (nSPS) is 19.2. The van der Waals surface area contributed by atoms with E-state index in [1.807, 2.05) is 37.3 Å². The summed E-state index contributed by atoms with van der Waals surface area (Å²) < 4.78 is 10.3. The van der Waals surface area contributed by atoms with Gasteiger partial charge in [-0.15, -0.1) is 0 Å². The minimum absolute atomic E-state index is 0.0771. The molecule has 0 spiro atoms. The number of hydrogen-bond acceptors (Lipinski definition) is 6. The minimum Gasteiger partial charge on any atom is -0.494 e. The van der Waals surface area contributed by atoms with E-state index < -0.39 is 18.5 Å². The Morgan fingerprint density at radius 3 is 2.50 bits per heavy atom. The van der Waals surface area contributed by atoms with Gasteiger partial charge in [-0.05, 0) is 36.8 Å². The molecule has 4 rings (SSSR count). The molecule has 0 aliphatic heterocycles. The lowest BCUT2D eigenvalue weighted by atomic mass is 9.88. The van der Waals surface area contributed by atoms with E-state index in [9.17, 15) is 9.59 Å². The van der Waals surface area contributed by atoms with Crippen LogP contribution in [-0.2, 0) is 19.2 Å². The van der Waals surface area contributed by atoms with Crippen LogP contribution in [0, 0.1) is 5.92 Å². The Morgan fingerprint density at radius 2 is 1.72 bits per heavy atom. The highest BCUT2D eigenvalue weighted by atomic mass is 16.7. The summed E-state index contributed by atoms with van der Waals surface area (Å²) in [5.74, 6) is -0.102. The molecule has 0 heterocycles. The van der Waals surface area contributed by atoms with Crippen LogP contribution in [0.3, 0.4) is 0 Å². The van der Waals surface area contributed by atoms with Gasteiger partial charge in [0.1, 0.15) is 5.75 Å². The minimum atomic E-state index is -0.668. The number of amides is 1. The number of rotatable bonds is 8. The van der Waals surface area contributed by atoms with Crippen LogP contribution in [0.2, 0.25) is 0 Å². The largest absolute Gasteiger partial charge is 0.494 e. The van der Waals surface area contributed by atoms with Crippen LogP contribution in [0.5, 0.6) is 5.75 Å². The van der Waals surface area contributed by atoms with E-state index >= 15 is 0 Å². The summed E-state index contributed by atoms with van der Waals surface area (Å²) in [5.41, 5.74) is 3.57. The predicted molar refractivity (Wildman–Crippen MR) is 121 cm³/mol. The van der Waals surface area contributed by atoms with Crippen molar-refractivity contribution >= 4 is 23.3 Å². The average Bonchev–Trinajstić information content (AvgIpc) is 3.13. The molecule has 2 atom stereocenters. The molecule has 0 saturated heterocycles. The fourth-order valence-corrected chi connectivity index (χ4v) is 3.82. The van der Waals surface area contributed by atoms with E-state index in [1.54, 1.807) is 24.3 Å². The molecule has 0 radical (unpaired) electrons. The number of nitrogens with one attached hydrogen (secondary N) is 1. The van der Waals surface area contributed by atoms with Gasteiger partial charge in [0.25, 0.3) is 5.91 Å². The Hall–Kier alpha value is -3.87. The van der Waals surface area contributed by atoms with Crippen LogP contribution < -0.4 is 10.1 Å². The van der Waals surface area contributed by atoms with Gasteiger partial charge < -0.3 is 19.6 Å². The van der Waals surface area contributed by atoms with Crippen molar-refractivity contribution in [1.82, 2.24) is 0 Å². The van der Waals surface area contributed by atoms with Crippen LogP contribution in [0.25, 0.3) is 0 Å². The molecule has 0 saturated carbocycles. The lowest BCUT2D eigenvalue weighted by molar-refractivity contribution is -0.151. The number of benzene rings is 2. The quantitative estimate of drug-likeness (QED) is 0.506. The third-order valence-corrected chi connectivity index (χ3v) is 5.21. The maximum atomic E-state index is 12.0. The second kappa shape index (κ2) is 9.96. The number of anilines is 1. The van der Waals surface area contributed by atoms with Gasteiger partial charge in [0.15, 0.2) is 6.61 Å². The van der Waals surface area contributed by atoms with Crippen molar-refractivity contribution in [3.05, 3.63) is 84.0 Å². The van der Waals surface area contributed by atoms with Crippen molar-refractivity contribution in [3.63, 3.8) is 0 Å². The van der Waals surface area contributed by atoms with Crippen LogP contribution in [0.4, 0.5) is 5.69 Å². The van der Waals surface area contributed by atoms with E-state index in [4.69, 9.17) is 14.3 Å². The number of ether oxygens (including phenoxy) is 2. The van der Waals surface area contributed by atoms with Crippen molar-refractivity contribution in [2.75, 3.05) is 25.1 Å². The van der Waals surface area contributed by atoms with Crippen molar-refractivity contribution < 1.29 is 23.9 Å². The number of carbonyl (C=O) groups excluding carboxylic acids is 2. The second-order valence-corrected chi connectivity index (χ2v) is 7.32. The van der Waals surface area contributed by atoms with Gasteiger partial charge in [0.05, 0.1) is 12.3 Å². The topological polar surface area (TPSA) is 86.2 Å². The molecule has 2 aromatic carbocycles. The predicted octanol–water partition coefficient (Wildman–Crippen LogP) is 3.83. The molecule has 2 aromatic rings. The lowest BCUT2D eigenvalue weighted by Crippen LogP contribution is -2.22. The first-order valence-electron chi connectivity index (χ1n) is 10.5. The monoisotopic (exact) mass is 432 g/mol. The fourth-order valence-electron chi connectivity index (χ4n) is 3.82. The van der Waals surface area contributed by atoms with Gasteiger partial charge in [-0.1, -0.05) is 53.7 Å². The van der Waals surface area contributed by atoms with Gasteiger partial charge in [-0.2, -0.15) is 0 Å². The molecule has 2 aliphatic carbocycles. The van der Waals surface area contributed by atoms with Gasteiger partial charge in [0, 0.05) is 23.1 Å². The third kappa shape index (κ3) is 4.88. The molecule has 0 fully saturated rings. The molecule has 164 valence electrons. The molecule has 32 heavy (non-hydrogen) atoms. The van der Waals surface area contributed by atoms with E-state index in [1.165, 1.54) is 5.56 Å². The number of hydrogen-bond donors (Lipinski definition) is 1. The number of esters is 1. The summed E-state index contributed by atoms with van der Waals surface area (Å²) in [4.78, 5) is 29.3. The van der Waals surface area contributed by atoms with E-state index in [0.29, 0.717) is 18.0 Å². The highest BCUT2D eigenvalue weighted by Gasteiger charge is 2.36. The van der Waals surface area contributed by atoms with E-state index in [2.05, 4.69) is 28.7 Å². The van der Waals surface area contributed by atoms with Gasteiger partial charge in [-0.25, -0.2) is 4.79 Å². The third-order valence-electron chi connectivity index (χ3n) is 5.21. The van der Waals surface area contributed by atoms with Crippen LogP contribution in [0.15, 0.2) is 78.0 Å². The zero-order valence-corrected chi connectivity index (χ0v) is 17.7. The summed E-state index contributed by atoms with van der Waals surface area (Å²) in [7, 11) is 0. The maximum absolute atomic E-state index is 12.0. The maximum Gasteiger partial charge on any atom is 0.347 e. The molecule has 0 bridgehead atoms. The van der Waals surface area contributed by atoms with Crippen LogP contribution in [0.1, 0.15) is 24.0 Å². The first-order chi connectivity index (χ1) is 15.7. The molecule has 1 N–H and O–H groups in total. The molecule has 7 nitrogen and oxygen atoms in total. The zero-order valence-electron chi connectivity index (χ0n) is 17.7. The summed E-state index contributed by atoms with van der Waals surface area (Å²) in [6, 6.07) is 15.0. The van der Waals surface area contributed by atoms with E-state index in [-0.39, 0.29) is 18.4 Å². The number of oxime groups is 1. The molecule has 1 amide bonds. The van der Waals surface area contributed by atoms with Gasteiger partial charge >= 0.3 is 5.97 Å². The molecule has 2 aliphatic rings. The Labute approximate surface area is 186 Å². The van der Waals surface area contributed by atoms with Gasteiger partial charge in [-0.3, -0.25) is 4.79 Å². The highest BCUT2D eigenvalue weighted by Crippen LogP contribution is 2.41. The standard InChI is InChI=1S/C25H24N2O5/c1-2-30-18-13-11-17(12-14-18)26-23(28)15-31-24(29)16-32-27-25-21-9-5-3-7-19(21)20-8-4-6-10-22(20)25/h3-14,19,21H,2,15-16H2,1H3,(H,26,28)/b27-25+/t19-,21+/m0/s1. The Bertz CT molecular complexity index is 1070. The zero-order chi connectivity index (χ0) is 22.3. The lowest BCUT2D eigenvalue weighted by Gasteiger charge is -2.15. The first kappa shape index (κ1) is 21.4. The molecular weight excluding hydrogens is 408 g/mol. The van der Waals surface area contributed by atoms with Crippen molar-refractivity contribution in [3.8, 4) is 5.75 Å². The Kier molecular flexibility index (Phi) is 6.65. The Morgan fingerprint density at radius 1 is 0.969 bits per heavy atom. The van der Waals surface area contributed by atoms with Crippen molar-refractivity contribution in [1.29, 1.82) is 0 Å². The molecule has 7 heteroatoms. The van der Waals surface area contributed by atoms with Crippen LogP contribution in [-0.4, -0.2) is 37.4 Å². The van der Waals surface area contributed by atoms with Crippen LogP contribution >= 0.6 is 0 Å². The second-order valence-electron chi connectivity index (χ2n) is 7.32. The fraction of sp³-hybridized carbons (Fsp3) is 0.240. The number of carbonyl (C=O) groups is 2. The number of allylic oxidation sites excluding steroid dienone is 4. The summed E-state index contributed by atoms with van der Waals surface area (Å²) in [6.07, 6.45) is 8.23. The average molecular weight is 432 g/mol. The van der Waals surface area contributed by atoms with Crippen molar-refractivity contribution in [2.24, 2.45) is 11.1 Å². The highest BCUT2D eigenvalue weighted by molar-refractivity contribution is 6.08. The Balaban J connectivity index is 1.26. The number of fused-ring (bicyclic) bond motifs is 3. The molecular formula is C25H24N2O5. The summed E-state index contributed by atoms with van der Waals surface area (Å²) in [6.45, 7) is 1.68. The van der Waals surface area contributed by atoms with Gasteiger partial charge in [0.2, 0.25) is 6.61 Å². The number of nitrogens with zero attached hydrogens (tertiary/aromatic N) is 1. The molecule has 0 unspecified atom stereocenters. The smallest absolute Gasteiger partial charge is 0.347 e. The first-order valence-corrected chi connectivity index (χ1v) is 10.5. The van der Waals surface area contributed by atoms with Crippen molar-refractivity contribution in [2.45, 2.75) is 12.8 Å². The SMILES string of the molecule is CCOc1ccc(NC(=O)COC(=O)CO/N=C2/c3ccccc3[C@@H]3C=CC=C[C@@H]23)cc1. The summed E-state index contributed by atoms with van der Waals surface area (Å²) in [5, 5.41) is 6.88. The summed E-state index contributed by atoms with van der Waals surface area (Å²) >= 11 is 0. The molecule has 0 aromatic heterocycles.